The number of piperidine rings is 1. The van der Waals surface area contributed by atoms with Gasteiger partial charge in [-0.05, 0) is 43.7 Å². The van der Waals surface area contributed by atoms with E-state index in [-0.39, 0.29) is 0 Å². The van der Waals surface area contributed by atoms with Gasteiger partial charge in [-0.3, -0.25) is 4.90 Å². The van der Waals surface area contributed by atoms with E-state index in [2.05, 4.69) is 33.1 Å². The number of hydrogen-bond acceptors (Lipinski definition) is 4. The average molecular weight is 351 g/mol. The third-order valence-corrected chi connectivity index (χ3v) is 5.25. The fraction of sp³-hybridized carbons (Fsp3) is 0.381. The van der Waals surface area contributed by atoms with E-state index in [1.165, 1.54) is 29.5 Å². The van der Waals surface area contributed by atoms with Crippen LogP contribution in [0.2, 0.25) is 0 Å². The van der Waals surface area contributed by atoms with Crippen LogP contribution in [0.15, 0.2) is 42.6 Å². The number of methoxy groups -OCH3 is 2. The number of ether oxygens (including phenoxy) is 2. The molecule has 2 aromatic heterocycles. The van der Waals surface area contributed by atoms with E-state index < -0.39 is 0 Å². The smallest absolute Gasteiger partial charge is 0.137 e. The highest BCUT2D eigenvalue weighted by Gasteiger charge is 2.23. The molecule has 3 aromatic rings. The van der Waals surface area contributed by atoms with Crippen LogP contribution in [-0.4, -0.2) is 42.2 Å². The molecule has 5 heteroatoms. The molecule has 1 N–H and O–H groups in total. The molecular formula is C21H25N3O2. The highest BCUT2D eigenvalue weighted by Crippen LogP contribution is 2.31. The molecule has 3 heterocycles. The maximum atomic E-state index is 5.56. The Morgan fingerprint density at radius 2 is 2.12 bits per heavy atom. The Balaban J connectivity index is 1.50. The van der Waals surface area contributed by atoms with Crippen LogP contribution in [0.1, 0.15) is 30.0 Å². The summed E-state index contributed by atoms with van der Waals surface area (Å²) in [7, 11) is 3.40. The summed E-state index contributed by atoms with van der Waals surface area (Å²) in [6.07, 6.45) is 4.25. The summed E-state index contributed by atoms with van der Waals surface area (Å²) in [5, 5.41) is 1.19. The number of nitrogens with one attached hydrogen (secondary N) is 1. The zero-order chi connectivity index (χ0) is 17.9. The standard InChI is InChI=1S/C21H25N3O2/c1-25-18-8-7-17(20(12-18)26-2)14-24-10-4-6-16(13-24)19-11-15-5-3-9-22-21(15)23-19/h3,5,7-9,11-12,16H,4,6,10,13-14H2,1-2H3,(H,22,23)/t16-/m0/s1. The molecule has 0 amide bonds. The lowest BCUT2D eigenvalue weighted by molar-refractivity contribution is 0.196. The molecule has 5 nitrogen and oxygen atoms in total. The maximum Gasteiger partial charge on any atom is 0.137 e. The molecule has 0 spiro atoms. The van der Waals surface area contributed by atoms with Crippen molar-refractivity contribution in [3.8, 4) is 11.5 Å². The second kappa shape index (κ2) is 7.38. The van der Waals surface area contributed by atoms with Crippen LogP contribution < -0.4 is 9.47 Å². The van der Waals surface area contributed by atoms with Gasteiger partial charge in [-0.2, -0.15) is 0 Å². The van der Waals surface area contributed by atoms with Gasteiger partial charge < -0.3 is 14.5 Å². The fourth-order valence-corrected chi connectivity index (χ4v) is 3.88. The van der Waals surface area contributed by atoms with Crippen molar-refractivity contribution in [3.63, 3.8) is 0 Å². The Morgan fingerprint density at radius 3 is 2.92 bits per heavy atom. The quantitative estimate of drug-likeness (QED) is 0.756. The first-order valence-corrected chi connectivity index (χ1v) is 9.13. The minimum absolute atomic E-state index is 0.516. The first-order valence-electron chi connectivity index (χ1n) is 9.13. The molecule has 0 radical (unpaired) electrons. The molecule has 4 rings (SSSR count). The van der Waals surface area contributed by atoms with Crippen molar-refractivity contribution in [3.05, 3.63) is 53.9 Å². The van der Waals surface area contributed by atoms with E-state index in [0.29, 0.717) is 5.92 Å². The van der Waals surface area contributed by atoms with Gasteiger partial charge in [-0.15, -0.1) is 0 Å². The summed E-state index contributed by atoms with van der Waals surface area (Å²) in [6, 6.07) is 12.4. The van der Waals surface area contributed by atoms with Crippen molar-refractivity contribution in [2.24, 2.45) is 0 Å². The molecule has 1 atom stereocenters. The zero-order valence-electron chi connectivity index (χ0n) is 15.4. The SMILES string of the molecule is COc1ccc(CN2CCC[C@H](c3cc4cccnc4[nH]3)C2)c(OC)c1. The van der Waals surface area contributed by atoms with Gasteiger partial charge in [0, 0.05) is 47.9 Å². The van der Waals surface area contributed by atoms with Gasteiger partial charge in [0.05, 0.1) is 14.2 Å². The van der Waals surface area contributed by atoms with Gasteiger partial charge in [0.1, 0.15) is 17.1 Å². The van der Waals surface area contributed by atoms with Crippen LogP contribution in [0.5, 0.6) is 11.5 Å². The lowest BCUT2D eigenvalue weighted by Gasteiger charge is -2.32. The van der Waals surface area contributed by atoms with Gasteiger partial charge in [0.2, 0.25) is 0 Å². The Hall–Kier alpha value is -2.53. The van der Waals surface area contributed by atoms with Gasteiger partial charge in [-0.1, -0.05) is 6.07 Å². The van der Waals surface area contributed by atoms with Crippen LogP contribution in [0.25, 0.3) is 11.0 Å². The first kappa shape index (κ1) is 16.9. The molecule has 1 fully saturated rings. The van der Waals surface area contributed by atoms with E-state index in [1.54, 1.807) is 14.2 Å². The summed E-state index contributed by atoms with van der Waals surface area (Å²) in [5.74, 6) is 2.23. The monoisotopic (exact) mass is 351 g/mol. The maximum absolute atomic E-state index is 5.56. The third-order valence-electron chi connectivity index (χ3n) is 5.25. The second-order valence-electron chi connectivity index (χ2n) is 6.92. The van der Waals surface area contributed by atoms with Gasteiger partial charge >= 0.3 is 0 Å². The number of aromatic nitrogens is 2. The predicted octanol–water partition coefficient (Wildman–Crippen LogP) is 3.96. The van der Waals surface area contributed by atoms with E-state index >= 15 is 0 Å². The lowest BCUT2D eigenvalue weighted by atomic mass is 9.94. The number of benzene rings is 1. The summed E-state index contributed by atoms with van der Waals surface area (Å²) < 4.78 is 10.9. The largest absolute Gasteiger partial charge is 0.497 e. The third kappa shape index (κ3) is 3.40. The van der Waals surface area contributed by atoms with Crippen molar-refractivity contribution in [2.75, 3.05) is 27.3 Å². The van der Waals surface area contributed by atoms with Crippen molar-refractivity contribution in [2.45, 2.75) is 25.3 Å². The zero-order valence-corrected chi connectivity index (χ0v) is 15.4. The van der Waals surface area contributed by atoms with E-state index in [1.807, 2.05) is 24.4 Å². The highest BCUT2D eigenvalue weighted by molar-refractivity contribution is 5.76. The number of fused-ring (bicyclic) bond motifs is 1. The van der Waals surface area contributed by atoms with E-state index in [4.69, 9.17) is 9.47 Å². The Kier molecular flexibility index (Phi) is 4.80. The van der Waals surface area contributed by atoms with Crippen molar-refractivity contribution in [1.82, 2.24) is 14.9 Å². The summed E-state index contributed by atoms with van der Waals surface area (Å²) in [4.78, 5) is 10.4. The number of pyridine rings is 1. The molecule has 0 unspecified atom stereocenters. The van der Waals surface area contributed by atoms with Gasteiger partial charge in [-0.25, -0.2) is 4.98 Å². The van der Waals surface area contributed by atoms with Crippen LogP contribution in [0.3, 0.4) is 0 Å². The Morgan fingerprint density at radius 1 is 1.19 bits per heavy atom. The minimum atomic E-state index is 0.516. The molecule has 1 saturated heterocycles. The summed E-state index contributed by atoms with van der Waals surface area (Å²) >= 11 is 0. The number of aromatic amines is 1. The molecular weight excluding hydrogens is 326 g/mol. The molecule has 0 bridgehead atoms. The number of nitrogens with zero attached hydrogens (tertiary/aromatic N) is 2. The topological polar surface area (TPSA) is 50.4 Å². The average Bonchev–Trinajstić information content (AvgIpc) is 3.13. The van der Waals surface area contributed by atoms with Crippen LogP contribution in [0, 0.1) is 0 Å². The van der Waals surface area contributed by atoms with E-state index in [9.17, 15) is 0 Å². The Labute approximate surface area is 153 Å². The second-order valence-corrected chi connectivity index (χ2v) is 6.92. The van der Waals surface area contributed by atoms with Gasteiger partial charge in [0.25, 0.3) is 0 Å². The minimum Gasteiger partial charge on any atom is -0.497 e. The summed E-state index contributed by atoms with van der Waals surface area (Å²) in [5.41, 5.74) is 3.48. The van der Waals surface area contributed by atoms with Crippen molar-refractivity contribution in [1.29, 1.82) is 0 Å². The number of likely N-dealkylation sites (tertiary alicyclic amines) is 1. The molecule has 1 aliphatic rings. The van der Waals surface area contributed by atoms with Crippen LogP contribution in [-0.2, 0) is 6.54 Å². The van der Waals surface area contributed by atoms with Crippen molar-refractivity contribution >= 4 is 11.0 Å². The fourth-order valence-electron chi connectivity index (χ4n) is 3.88. The normalized spacial score (nSPS) is 18.2. The molecule has 1 aliphatic heterocycles. The predicted molar refractivity (Wildman–Crippen MR) is 103 cm³/mol. The summed E-state index contributed by atoms with van der Waals surface area (Å²) in [6.45, 7) is 3.05. The van der Waals surface area contributed by atoms with Crippen LogP contribution >= 0.6 is 0 Å². The molecule has 136 valence electrons. The molecule has 26 heavy (non-hydrogen) atoms. The van der Waals surface area contributed by atoms with Gasteiger partial charge in [0.15, 0.2) is 0 Å². The molecule has 1 aromatic carbocycles. The molecule has 0 saturated carbocycles. The molecule has 0 aliphatic carbocycles. The lowest BCUT2D eigenvalue weighted by Crippen LogP contribution is -2.34. The first-order chi connectivity index (χ1) is 12.8. The number of hydrogen-bond donors (Lipinski definition) is 1. The van der Waals surface area contributed by atoms with Crippen LogP contribution in [0.4, 0.5) is 0 Å². The highest BCUT2D eigenvalue weighted by atomic mass is 16.5. The van der Waals surface area contributed by atoms with Crippen molar-refractivity contribution < 1.29 is 9.47 Å². The van der Waals surface area contributed by atoms with E-state index in [0.717, 1.165) is 36.8 Å². The number of H-pyrrole nitrogens is 1. The Bertz CT molecular complexity index is 857. The number of rotatable bonds is 5.